The Balaban J connectivity index is 1.63. The van der Waals surface area contributed by atoms with Crippen LogP contribution in [0.4, 0.5) is 11.4 Å². The van der Waals surface area contributed by atoms with Crippen LogP contribution < -0.4 is 20.5 Å². The van der Waals surface area contributed by atoms with E-state index in [9.17, 15) is 4.79 Å². The summed E-state index contributed by atoms with van der Waals surface area (Å²) in [5.41, 5.74) is 7.07. The van der Waals surface area contributed by atoms with Gasteiger partial charge in [0, 0.05) is 22.3 Å². The number of thioether (sulfide) groups is 1. The number of nitrogens with one attached hydrogen (secondary N) is 1. The second-order valence-electron chi connectivity index (χ2n) is 5.18. The zero-order valence-electron chi connectivity index (χ0n) is 12.7. The Kier molecular flexibility index (Phi) is 4.62. The van der Waals surface area contributed by atoms with E-state index >= 15 is 0 Å². The summed E-state index contributed by atoms with van der Waals surface area (Å²) in [6.07, 6.45) is 0. The number of amides is 1. The van der Waals surface area contributed by atoms with Crippen molar-refractivity contribution in [2.45, 2.75) is 17.1 Å². The summed E-state index contributed by atoms with van der Waals surface area (Å²) in [5.74, 6) is 1.30. The number of fused-ring (bicyclic) bond motifs is 1. The van der Waals surface area contributed by atoms with E-state index in [-0.39, 0.29) is 11.2 Å². The van der Waals surface area contributed by atoms with Gasteiger partial charge in [-0.2, -0.15) is 0 Å². The molecule has 0 spiro atoms. The van der Waals surface area contributed by atoms with Crippen molar-refractivity contribution < 1.29 is 14.3 Å². The lowest BCUT2D eigenvalue weighted by Gasteiger charge is -2.19. The third kappa shape index (κ3) is 3.90. The highest BCUT2D eigenvalue weighted by molar-refractivity contribution is 8.00. The lowest BCUT2D eigenvalue weighted by molar-refractivity contribution is -0.115. The molecule has 2 aromatic rings. The summed E-state index contributed by atoms with van der Waals surface area (Å²) in [4.78, 5) is 13.3. The van der Waals surface area contributed by atoms with Crippen LogP contribution in [0.15, 0.2) is 47.4 Å². The maximum atomic E-state index is 12.3. The Morgan fingerprint density at radius 2 is 1.83 bits per heavy atom. The fraction of sp³-hybridized carbons (Fsp3) is 0.235. The number of rotatable bonds is 4. The highest BCUT2D eigenvalue weighted by atomic mass is 32.2. The van der Waals surface area contributed by atoms with Crippen molar-refractivity contribution in [3.63, 3.8) is 0 Å². The van der Waals surface area contributed by atoms with Crippen LogP contribution in [0, 0.1) is 0 Å². The topological polar surface area (TPSA) is 73.6 Å². The molecule has 0 bridgehead atoms. The predicted molar refractivity (Wildman–Crippen MR) is 92.2 cm³/mol. The number of carbonyl (C=O) groups excluding carboxylic acids is 1. The number of ether oxygens (including phenoxy) is 2. The molecule has 0 saturated carbocycles. The lowest BCUT2D eigenvalue weighted by atomic mass is 10.2. The van der Waals surface area contributed by atoms with Crippen LogP contribution in [0.1, 0.15) is 6.92 Å². The first-order valence-electron chi connectivity index (χ1n) is 7.34. The number of hydrogen-bond acceptors (Lipinski definition) is 5. The Labute approximate surface area is 139 Å². The van der Waals surface area contributed by atoms with Gasteiger partial charge in [0.05, 0.1) is 5.25 Å². The van der Waals surface area contributed by atoms with Crippen LogP contribution >= 0.6 is 11.8 Å². The average Bonchev–Trinajstić information content (AvgIpc) is 2.56. The second kappa shape index (κ2) is 6.83. The molecule has 1 amide bonds. The van der Waals surface area contributed by atoms with Crippen LogP contribution in [0.25, 0.3) is 0 Å². The molecule has 23 heavy (non-hydrogen) atoms. The van der Waals surface area contributed by atoms with Gasteiger partial charge in [0.1, 0.15) is 13.2 Å². The molecule has 6 heteroatoms. The van der Waals surface area contributed by atoms with Crippen molar-refractivity contribution in [3.05, 3.63) is 42.5 Å². The Morgan fingerprint density at radius 3 is 2.57 bits per heavy atom. The monoisotopic (exact) mass is 330 g/mol. The Morgan fingerprint density at radius 1 is 1.13 bits per heavy atom. The maximum Gasteiger partial charge on any atom is 0.237 e. The predicted octanol–water partition coefficient (Wildman–Crippen LogP) is 3.16. The molecule has 0 radical (unpaired) electrons. The summed E-state index contributed by atoms with van der Waals surface area (Å²) in [7, 11) is 0. The van der Waals surface area contributed by atoms with Crippen molar-refractivity contribution in [1.29, 1.82) is 0 Å². The van der Waals surface area contributed by atoms with Gasteiger partial charge in [0.2, 0.25) is 5.91 Å². The minimum Gasteiger partial charge on any atom is -0.486 e. The molecule has 2 aromatic carbocycles. The number of hydrogen-bond donors (Lipinski definition) is 2. The highest BCUT2D eigenvalue weighted by Crippen LogP contribution is 2.33. The number of anilines is 2. The number of nitrogen functional groups attached to an aromatic ring is 1. The zero-order chi connectivity index (χ0) is 16.2. The summed E-state index contributed by atoms with van der Waals surface area (Å²) in [5, 5.41) is 2.67. The van der Waals surface area contributed by atoms with Crippen LogP contribution in [-0.4, -0.2) is 24.4 Å². The first kappa shape index (κ1) is 15.6. The van der Waals surface area contributed by atoms with Gasteiger partial charge in [-0.05, 0) is 43.3 Å². The van der Waals surface area contributed by atoms with E-state index in [4.69, 9.17) is 15.2 Å². The largest absolute Gasteiger partial charge is 0.486 e. The molecule has 1 atom stereocenters. The molecule has 0 aromatic heterocycles. The van der Waals surface area contributed by atoms with E-state index < -0.39 is 0 Å². The quantitative estimate of drug-likeness (QED) is 0.665. The normalized spacial score (nSPS) is 14.1. The van der Waals surface area contributed by atoms with E-state index in [1.807, 2.05) is 43.3 Å². The SMILES string of the molecule is CC(Sc1ccc(N)cc1)C(=O)Nc1ccc2c(c1)OCCO2. The van der Waals surface area contributed by atoms with Crippen molar-refractivity contribution in [2.75, 3.05) is 24.3 Å². The first-order valence-corrected chi connectivity index (χ1v) is 8.22. The molecule has 0 fully saturated rings. The zero-order valence-corrected chi connectivity index (χ0v) is 13.6. The van der Waals surface area contributed by atoms with E-state index in [1.54, 1.807) is 6.07 Å². The maximum absolute atomic E-state index is 12.3. The van der Waals surface area contributed by atoms with Gasteiger partial charge in [-0.25, -0.2) is 0 Å². The van der Waals surface area contributed by atoms with Crippen LogP contribution in [0.2, 0.25) is 0 Å². The van der Waals surface area contributed by atoms with Gasteiger partial charge in [0.25, 0.3) is 0 Å². The van der Waals surface area contributed by atoms with Crippen molar-refractivity contribution >= 4 is 29.0 Å². The Hall–Kier alpha value is -2.34. The van der Waals surface area contributed by atoms with Crippen molar-refractivity contribution in [1.82, 2.24) is 0 Å². The lowest BCUT2D eigenvalue weighted by Crippen LogP contribution is -2.22. The number of carbonyl (C=O) groups is 1. The molecule has 3 N–H and O–H groups in total. The molecule has 120 valence electrons. The van der Waals surface area contributed by atoms with Gasteiger partial charge in [0.15, 0.2) is 11.5 Å². The highest BCUT2D eigenvalue weighted by Gasteiger charge is 2.17. The molecular formula is C17H18N2O3S. The third-order valence-corrected chi connectivity index (χ3v) is 4.48. The van der Waals surface area contributed by atoms with Crippen LogP contribution in [0.5, 0.6) is 11.5 Å². The minimum atomic E-state index is -0.230. The molecule has 1 aliphatic rings. The van der Waals surface area contributed by atoms with Gasteiger partial charge in [-0.15, -0.1) is 11.8 Å². The smallest absolute Gasteiger partial charge is 0.237 e. The van der Waals surface area contributed by atoms with E-state index in [0.29, 0.717) is 36.1 Å². The molecule has 1 aliphatic heterocycles. The standard InChI is InChI=1S/C17H18N2O3S/c1-11(23-14-5-2-12(18)3-6-14)17(20)19-13-4-7-15-16(10-13)22-9-8-21-15/h2-7,10-11H,8-9,18H2,1H3,(H,19,20). The molecule has 3 rings (SSSR count). The van der Waals surface area contributed by atoms with E-state index in [0.717, 1.165) is 4.90 Å². The van der Waals surface area contributed by atoms with Crippen molar-refractivity contribution in [2.24, 2.45) is 0 Å². The summed E-state index contributed by atoms with van der Waals surface area (Å²) >= 11 is 1.48. The van der Waals surface area contributed by atoms with Gasteiger partial charge in [-0.1, -0.05) is 0 Å². The average molecular weight is 330 g/mol. The fourth-order valence-electron chi connectivity index (χ4n) is 2.17. The Bertz CT molecular complexity index is 703. The number of nitrogens with two attached hydrogens (primary N) is 1. The van der Waals surface area contributed by atoms with Crippen LogP contribution in [-0.2, 0) is 4.79 Å². The fourth-order valence-corrected chi connectivity index (χ4v) is 3.04. The van der Waals surface area contributed by atoms with E-state index in [1.165, 1.54) is 11.8 Å². The second-order valence-corrected chi connectivity index (χ2v) is 6.59. The van der Waals surface area contributed by atoms with Gasteiger partial charge < -0.3 is 20.5 Å². The third-order valence-electron chi connectivity index (χ3n) is 3.37. The van der Waals surface area contributed by atoms with Gasteiger partial charge >= 0.3 is 0 Å². The van der Waals surface area contributed by atoms with Crippen molar-refractivity contribution in [3.8, 4) is 11.5 Å². The summed E-state index contributed by atoms with van der Waals surface area (Å²) in [6.45, 7) is 2.94. The van der Waals surface area contributed by atoms with E-state index in [2.05, 4.69) is 5.32 Å². The summed E-state index contributed by atoms with van der Waals surface area (Å²) < 4.78 is 11.0. The molecule has 5 nitrogen and oxygen atoms in total. The molecule has 0 aliphatic carbocycles. The summed E-state index contributed by atoms with van der Waals surface area (Å²) in [6, 6.07) is 12.9. The van der Waals surface area contributed by atoms with Crippen LogP contribution in [0.3, 0.4) is 0 Å². The molecule has 1 unspecified atom stereocenters. The van der Waals surface area contributed by atoms with Gasteiger partial charge in [-0.3, -0.25) is 4.79 Å². The first-order chi connectivity index (χ1) is 11.1. The molecular weight excluding hydrogens is 312 g/mol. The minimum absolute atomic E-state index is 0.0662. The number of benzene rings is 2. The molecule has 1 heterocycles. The molecule has 0 saturated heterocycles.